The molecule has 2 N–H and O–H groups in total. The van der Waals surface area contributed by atoms with Crippen LogP contribution in [-0.2, 0) is 16.6 Å². The number of hydrogen-bond acceptors (Lipinski definition) is 3. The van der Waals surface area contributed by atoms with Crippen LogP contribution in [-0.4, -0.2) is 15.5 Å². The summed E-state index contributed by atoms with van der Waals surface area (Å²) in [5, 5.41) is 3.23. The number of rotatable bonds is 5. The fourth-order valence-corrected chi connectivity index (χ4v) is 3.04. The molecule has 0 bridgehead atoms. The predicted molar refractivity (Wildman–Crippen MR) is 88.9 cm³/mol. The summed E-state index contributed by atoms with van der Waals surface area (Å²) in [4.78, 5) is 0.250. The zero-order chi connectivity index (χ0) is 15.5. The Hall–Kier alpha value is -1.37. The number of nitrogens with one attached hydrogen (secondary N) is 2. The molecule has 0 aromatic heterocycles. The number of anilines is 1. The lowest BCUT2D eigenvalue weighted by Crippen LogP contribution is -2.18. The number of halogens is 1. The lowest BCUT2D eigenvalue weighted by molar-refractivity contribution is 0.588. The number of aryl methyl sites for hydroxylation is 1. The molecule has 21 heavy (non-hydrogen) atoms. The van der Waals surface area contributed by atoms with E-state index in [4.69, 9.17) is 0 Å². The van der Waals surface area contributed by atoms with E-state index in [0.29, 0.717) is 6.54 Å². The largest absolute Gasteiger partial charge is 0.381 e. The highest BCUT2D eigenvalue weighted by molar-refractivity contribution is 9.10. The standard InChI is InChI=1S/C15H17BrN2O2S/c1-11-6-7-12(8-15(11)16)10-18-13-4-3-5-14(9-13)21(19,20)17-2/h3-9,17-18H,10H2,1-2H3. The van der Waals surface area contributed by atoms with E-state index in [1.165, 1.54) is 12.6 Å². The molecule has 0 fully saturated rings. The fourth-order valence-electron chi connectivity index (χ4n) is 1.84. The predicted octanol–water partition coefficient (Wildman–Crippen LogP) is 3.28. The van der Waals surface area contributed by atoms with E-state index in [1.54, 1.807) is 18.2 Å². The first-order valence-electron chi connectivity index (χ1n) is 6.45. The van der Waals surface area contributed by atoms with Gasteiger partial charge >= 0.3 is 0 Å². The van der Waals surface area contributed by atoms with E-state index in [0.717, 1.165) is 15.7 Å². The zero-order valence-electron chi connectivity index (χ0n) is 11.9. The second-order valence-corrected chi connectivity index (χ2v) is 7.41. The molecular weight excluding hydrogens is 352 g/mol. The molecular formula is C15H17BrN2O2S. The summed E-state index contributed by atoms with van der Waals surface area (Å²) in [6, 6.07) is 12.9. The minimum atomic E-state index is -3.41. The van der Waals surface area contributed by atoms with Gasteiger partial charge in [-0.2, -0.15) is 0 Å². The molecule has 2 aromatic rings. The first-order chi connectivity index (χ1) is 9.92. The Balaban J connectivity index is 2.13. The Morgan fingerprint density at radius 2 is 1.90 bits per heavy atom. The normalized spacial score (nSPS) is 11.4. The van der Waals surface area contributed by atoms with Gasteiger partial charge < -0.3 is 5.32 Å². The van der Waals surface area contributed by atoms with Gasteiger partial charge in [0.25, 0.3) is 0 Å². The van der Waals surface area contributed by atoms with Crippen LogP contribution in [0.3, 0.4) is 0 Å². The molecule has 0 amide bonds. The minimum absolute atomic E-state index is 0.250. The smallest absolute Gasteiger partial charge is 0.240 e. The van der Waals surface area contributed by atoms with Gasteiger partial charge in [0.1, 0.15) is 0 Å². The fraction of sp³-hybridized carbons (Fsp3) is 0.200. The van der Waals surface area contributed by atoms with Gasteiger partial charge in [-0.05, 0) is 49.4 Å². The summed E-state index contributed by atoms with van der Waals surface area (Å²) in [6.45, 7) is 2.66. The highest BCUT2D eigenvalue weighted by atomic mass is 79.9. The SMILES string of the molecule is CNS(=O)(=O)c1cccc(NCc2ccc(C)c(Br)c2)c1. The van der Waals surface area contributed by atoms with Gasteiger partial charge in [-0.1, -0.05) is 34.1 Å². The van der Waals surface area contributed by atoms with E-state index in [-0.39, 0.29) is 4.90 Å². The highest BCUT2D eigenvalue weighted by Gasteiger charge is 2.11. The van der Waals surface area contributed by atoms with E-state index in [2.05, 4.69) is 32.0 Å². The van der Waals surface area contributed by atoms with E-state index >= 15 is 0 Å². The van der Waals surface area contributed by atoms with Gasteiger partial charge in [0.15, 0.2) is 0 Å². The average molecular weight is 369 g/mol. The van der Waals surface area contributed by atoms with Crippen LogP contribution in [0.2, 0.25) is 0 Å². The van der Waals surface area contributed by atoms with Gasteiger partial charge in [-0.25, -0.2) is 13.1 Å². The maximum Gasteiger partial charge on any atom is 0.240 e. The van der Waals surface area contributed by atoms with Crippen molar-refractivity contribution in [3.8, 4) is 0 Å². The molecule has 0 saturated carbocycles. The van der Waals surface area contributed by atoms with Crippen LogP contribution >= 0.6 is 15.9 Å². The maximum absolute atomic E-state index is 11.8. The van der Waals surface area contributed by atoms with Crippen LogP contribution in [0.5, 0.6) is 0 Å². The summed E-state index contributed by atoms with van der Waals surface area (Å²) in [6.07, 6.45) is 0. The first-order valence-corrected chi connectivity index (χ1v) is 8.72. The monoisotopic (exact) mass is 368 g/mol. The van der Waals surface area contributed by atoms with Gasteiger partial charge in [0.05, 0.1) is 4.90 Å². The lowest BCUT2D eigenvalue weighted by Gasteiger charge is -2.10. The van der Waals surface area contributed by atoms with Crippen molar-refractivity contribution in [3.05, 3.63) is 58.1 Å². The van der Waals surface area contributed by atoms with Crippen molar-refractivity contribution in [1.29, 1.82) is 0 Å². The Labute approximate surface area is 133 Å². The van der Waals surface area contributed by atoms with Crippen molar-refractivity contribution in [3.63, 3.8) is 0 Å². The van der Waals surface area contributed by atoms with Crippen molar-refractivity contribution in [2.75, 3.05) is 12.4 Å². The summed E-state index contributed by atoms with van der Waals surface area (Å²) < 4.78 is 26.9. The second kappa shape index (κ2) is 6.60. The van der Waals surface area contributed by atoms with Gasteiger partial charge in [0.2, 0.25) is 10.0 Å². The van der Waals surface area contributed by atoms with Crippen LogP contribution in [0.15, 0.2) is 51.8 Å². The molecule has 112 valence electrons. The minimum Gasteiger partial charge on any atom is -0.381 e. The molecule has 6 heteroatoms. The van der Waals surface area contributed by atoms with Gasteiger partial charge in [-0.15, -0.1) is 0 Å². The van der Waals surface area contributed by atoms with E-state index < -0.39 is 10.0 Å². The molecule has 2 rings (SSSR count). The van der Waals surface area contributed by atoms with Gasteiger partial charge in [0, 0.05) is 16.7 Å². The molecule has 0 radical (unpaired) electrons. The van der Waals surface area contributed by atoms with Crippen molar-refractivity contribution in [1.82, 2.24) is 4.72 Å². The average Bonchev–Trinajstić information content (AvgIpc) is 2.49. The Bertz CT molecular complexity index is 745. The maximum atomic E-state index is 11.8. The van der Waals surface area contributed by atoms with Crippen LogP contribution in [0.1, 0.15) is 11.1 Å². The molecule has 0 aliphatic carbocycles. The molecule has 4 nitrogen and oxygen atoms in total. The molecule has 0 saturated heterocycles. The van der Waals surface area contributed by atoms with Crippen LogP contribution in [0.25, 0.3) is 0 Å². The first kappa shape index (κ1) is 16.0. The lowest BCUT2D eigenvalue weighted by atomic mass is 10.1. The Kier molecular flexibility index (Phi) is 5.03. The summed E-state index contributed by atoms with van der Waals surface area (Å²) >= 11 is 3.50. The molecule has 0 aliphatic rings. The molecule has 0 aliphatic heterocycles. The zero-order valence-corrected chi connectivity index (χ0v) is 14.3. The van der Waals surface area contributed by atoms with E-state index in [9.17, 15) is 8.42 Å². The van der Waals surface area contributed by atoms with Crippen molar-refractivity contribution >= 4 is 31.6 Å². The molecule has 0 heterocycles. The van der Waals surface area contributed by atoms with Gasteiger partial charge in [-0.3, -0.25) is 0 Å². The van der Waals surface area contributed by atoms with Crippen molar-refractivity contribution in [2.24, 2.45) is 0 Å². The number of hydrogen-bond donors (Lipinski definition) is 2. The summed E-state index contributed by atoms with van der Waals surface area (Å²) in [7, 11) is -2.01. The summed E-state index contributed by atoms with van der Waals surface area (Å²) in [5.74, 6) is 0. The topological polar surface area (TPSA) is 58.2 Å². The molecule has 0 unspecified atom stereocenters. The number of benzene rings is 2. The van der Waals surface area contributed by atoms with Crippen LogP contribution < -0.4 is 10.0 Å². The molecule has 0 spiro atoms. The molecule has 2 aromatic carbocycles. The highest BCUT2D eigenvalue weighted by Crippen LogP contribution is 2.19. The third-order valence-electron chi connectivity index (χ3n) is 3.15. The van der Waals surface area contributed by atoms with Crippen LogP contribution in [0, 0.1) is 6.92 Å². The van der Waals surface area contributed by atoms with Crippen LogP contribution in [0.4, 0.5) is 5.69 Å². The van der Waals surface area contributed by atoms with Crippen molar-refractivity contribution in [2.45, 2.75) is 18.4 Å². The summed E-state index contributed by atoms with van der Waals surface area (Å²) in [5.41, 5.74) is 3.07. The Morgan fingerprint density at radius 1 is 1.14 bits per heavy atom. The van der Waals surface area contributed by atoms with Crippen molar-refractivity contribution < 1.29 is 8.42 Å². The van der Waals surface area contributed by atoms with E-state index in [1.807, 2.05) is 25.1 Å². The molecule has 0 atom stereocenters. The third-order valence-corrected chi connectivity index (χ3v) is 5.41. The third kappa shape index (κ3) is 4.06. The Morgan fingerprint density at radius 3 is 2.57 bits per heavy atom. The number of sulfonamides is 1. The second-order valence-electron chi connectivity index (χ2n) is 4.67. The quantitative estimate of drug-likeness (QED) is 0.851.